The number of nitrogens with one attached hydrogen (secondary N) is 1. The number of aliphatic hydroxyl groups is 1. The van der Waals surface area contributed by atoms with Crippen LogP contribution in [0.2, 0.25) is 0 Å². The Balaban J connectivity index is 2.77. The van der Waals surface area contributed by atoms with Gasteiger partial charge in [0.05, 0.1) is 0 Å². The molecule has 3 nitrogen and oxygen atoms in total. The molecule has 0 saturated carbocycles. The summed E-state index contributed by atoms with van der Waals surface area (Å²) < 4.78 is 35.6. The highest BCUT2D eigenvalue weighted by atomic mass is 19.4. The van der Waals surface area contributed by atoms with Gasteiger partial charge in [-0.05, 0) is 0 Å². The van der Waals surface area contributed by atoms with Crippen molar-refractivity contribution in [3.8, 4) is 0 Å². The van der Waals surface area contributed by atoms with Crippen LogP contribution in [0.25, 0.3) is 0 Å². The summed E-state index contributed by atoms with van der Waals surface area (Å²) in [6, 6.07) is 2.00. The van der Waals surface area contributed by atoms with Gasteiger partial charge in [0.2, 0.25) is 0 Å². The van der Waals surface area contributed by atoms with Crippen molar-refractivity contribution in [2.45, 2.75) is 12.6 Å². The van der Waals surface area contributed by atoms with Crippen LogP contribution in [-0.2, 0) is 12.6 Å². The van der Waals surface area contributed by atoms with Gasteiger partial charge >= 0.3 is 6.18 Å². The van der Waals surface area contributed by atoms with E-state index in [9.17, 15) is 13.2 Å². The zero-order valence-corrected chi connectivity index (χ0v) is 5.94. The number of H-pyrrole nitrogens is 1. The first kappa shape index (κ1) is 9.05. The second kappa shape index (κ2) is 3.14. The average Bonchev–Trinajstić information content (AvgIpc) is 2.35. The summed E-state index contributed by atoms with van der Waals surface area (Å²) in [6.07, 6.45) is -4.37. The molecule has 2 N–H and O–H groups in total. The predicted octanol–water partition coefficient (Wildman–Crippen LogP) is 0.763. The third-order valence-electron chi connectivity index (χ3n) is 1.20. The SMILES string of the molecule is OCCc1[c]c(C(F)(F)F)n[nH]1. The highest BCUT2D eigenvalue weighted by Crippen LogP contribution is 2.27. The fourth-order valence-corrected chi connectivity index (χ4v) is 0.687. The van der Waals surface area contributed by atoms with E-state index in [1.54, 1.807) is 0 Å². The lowest BCUT2D eigenvalue weighted by Gasteiger charge is -1.98. The van der Waals surface area contributed by atoms with Gasteiger partial charge in [-0.25, -0.2) is 0 Å². The quantitative estimate of drug-likeness (QED) is 0.704. The van der Waals surface area contributed by atoms with Crippen LogP contribution < -0.4 is 0 Å². The molecule has 0 bridgehead atoms. The number of alkyl halides is 3. The number of hydrogen-bond acceptors (Lipinski definition) is 2. The fraction of sp³-hybridized carbons (Fsp3) is 0.500. The smallest absolute Gasteiger partial charge is 0.396 e. The minimum atomic E-state index is -4.47. The standard InChI is InChI=1S/C6H6F3N2O/c7-6(8,9)5-3-4(1-2-12)10-11-5/h12H,1-2H2,(H,10,11). The van der Waals surface area contributed by atoms with Crippen LogP contribution in [-0.4, -0.2) is 21.9 Å². The monoisotopic (exact) mass is 179 g/mol. The lowest BCUT2D eigenvalue weighted by atomic mass is 10.3. The third kappa shape index (κ3) is 1.97. The molecule has 0 spiro atoms. The molecular formula is C6H6F3N2O. The van der Waals surface area contributed by atoms with E-state index >= 15 is 0 Å². The van der Waals surface area contributed by atoms with E-state index in [2.05, 4.69) is 10.2 Å². The van der Waals surface area contributed by atoms with E-state index < -0.39 is 11.9 Å². The van der Waals surface area contributed by atoms with Crippen LogP contribution in [0, 0.1) is 6.07 Å². The van der Waals surface area contributed by atoms with Gasteiger partial charge in [-0.3, -0.25) is 5.10 Å². The lowest BCUT2D eigenvalue weighted by Crippen LogP contribution is -2.05. The van der Waals surface area contributed by atoms with Crippen molar-refractivity contribution >= 4 is 0 Å². The van der Waals surface area contributed by atoms with Gasteiger partial charge in [0.15, 0.2) is 5.69 Å². The minimum absolute atomic E-state index is 0.100. The molecule has 6 heteroatoms. The predicted molar refractivity (Wildman–Crippen MR) is 33.2 cm³/mol. The molecule has 0 fully saturated rings. The summed E-state index contributed by atoms with van der Waals surface area (Å²) in [4.78, 5) is 0. The van der Waals surface area contributed by atoms with Crippen LogP contribution in [0.4, 0.5) is 13.2 Å². The summed E-state index contributed by atoms with van der Waals surface area (Å²) in [5.74, 6) is 0. The Bertz CT molecular complexity index is 256. The van der Waals surface area contributed by atoms with E-state index in [0.717, 1.165) is 0 Å². The van der Waals surface area contributed by atoms with E-state index in [-0.39, 0.29) is 18.7 Å². The van der Waals surface area contributed by atoms with Gasteiger partial charge in [0.1, 0.15) is 0 Å². The van der Waals surface area contributed by atoms with E-state index in [1.807, 2.05) is 6.07 Å². The maximum atomic E-state index is 11.9. The Labute approximate surface area is 66.2 Å². The van der Waals surface area contributed by atoms with Crippen molar-refractivity contribution in [2.24, 2.45) is 0 Å². The number of rotatable bonds is 2. The van der Waals surface area contributed by atoms with Gasteiger partial charge in [-0.1, -0.05) is 0 Å². The average molecular weight is 179 g/mol. The van der Waals surface area contributed by atoms with Crippen molar-refractivity contribution in [1.29, 1.82) is 0 Å². The highest BCUT2D eigenvalue weighted by Gasteiger charge is 2.34. The molecule has 0 saturated heterocycles. The van der Waals surface area contributed by atoms with Crippen molar-refractivity contribution in [3.63, 3.8) is 0 Å². The maximum absolute atomic E-state index is 11.9. The molecule has 0 atom stereocenters. The van der Waals surface area contributed by atoms with E-state index in [0.29, 0.717) is 0 Å². The van der Waals surface area contributed by atoms with Crippen molar-refractivity contribution in [2.75, 3.05) is 6.61 Å². The molecular weight excluding hydrogens is 173 g/mol. The summed E-state index contributed by atoms with van der Waals surface area (Å²) in [5.41, 5.74) is -0.921. The first-order chi connectivity index (χ1) is 5.54. The van der Waals surface area contributed by atoms with Crippen molar-refractivity contribution in [1.82, 2.24) is 10.2 Å². The Morgan fingerprint density at radius 2 is 2.17 bits per heavy atom. The zero-order valence-electron chi connectivity index (χ0n) is 5.94. The number of aliphatic hydroxyl groups excluding tert-OH is 1. The largest absolute Gasteiger partial charge is 0.435 e. The lowest BCUT2D eigenvalue weighted by molar-refractivity contribution is -0.141. The number of aromatic nitrogens is 2. The van der Waals surface area contributed by atoms with E-state index in [4.69, 9.17) is 5.11 Å². The molecule has 12 heavy (non-hydrogen) atoms. The molecule has 1 aromatic rings. The normalized spacial score (nSPS) is 12.0. The maximum Gasteiger partial charge on any atom is 0.435 e. The first-order valence-electron chi connectivity index (χ1n) is 3.18. The van der Waals surface area contributed by atoms with Gasteiger partial charge in [-0.15, -0.1) is 0 Å². The molecule has 1 aromatic heterocycles. The first-order valence-corrected chi connectivity index (χ1v) is 3.18. The number of hydrogen-bond donors (Lipinski definition) is 2. The zero-order chi connectivity index (χ0) is 9.19. The molecule has 0 unspecified atom stereocenters. The number of aromatic amines is 1. The van der Waals surface area contributed by atoms with Crippen molar-refractivity contribution < 1.29 is 18.3 Å². The number of nitrogens with zero attached hydrogens (tertiary/aromatic N) is 1. The molecule has 0 aromatic carbocycles. The second-order valence-corrected chi connectivity index (χ2v) is 2.15. The van der Waals surface area contributed by atoms with Crippen LogP contribution >= 0.6 is 0 Å². The Morgan fingerprint density at radius 1 is 1.50 bits per heavy atom. The molecule has 0 amide bonds. The molecule has 67 valence electrons. The summed E-state index contributed by atoms with van der Waals surface area (Å²) >= 11 is 0. The Hall–Kier alpha value is -1.04. The molecule has 0 aliphatic heterocycles. The molecule has 1 heterocycles. The Morgan fingerprint density at radius 3 is 2.58 bits per heavy atom. The Kier molecular flexibility index (Phi) is 2.37. The molecule has 0 aliphatic rings. The van der Waals surface area contributed by atoms with Crippen LogP contribution in [0.1, 0.15) is 11.4 Å². The van der Waals surface area contributed by atoms with Gasteiger partial charge in [-0.2, -0.15) is 18.3 Å². The van der Waals surface area contributed by atoms with E-state index in [1.165, 1.54) is 0 Å². The van der Waals surface area contributed by atoms with Gasteiger partial charge in [0, 0.05) is 24.8 Å². The third-order valence-corrected chi connectivity index (χ3v) is 1.20. The highest BCUT2D eigenvalue weighted by molar-refractivity contribution is 5.09. The fourth-order valence-electron chi connectivity index (χ4n) is 0.687. The molecule has 1 radical (unpaired) electrons. The van der Waals surface area contributed by atoms with Gasteiger partial charge < -0.3 is 5.11 Å². The van der Waals surface area contributed by atoms with Crippen LogP contribution in [0.5, 0.6) is 0 Å². The minimum Gasteiger partial charge on any atom is -0.396 e. The summed E-state index contributed by atoms with van der Waals surface area (Å²) in [7, 11) is 0. The number of halogens is 3. The van der Waals surface area contributed by atoms with Crippen LogP contribution in [0.3, 0.4) is 0 Å². The van der Waals surface area contributed by atoms with Crippen LogP contribution in [0.15, 0.2) is 0 Å². The molecule has 1 rings (SSSR count). The summed E-state index contributed by atoms with van der Waals surface area (Å²) in [5, 5.41) is 13.5. The van der Waals surface area contributed by atoms with Crippen molar-refractivity contribution in [3.05, 3.63) is 17.5 Å². The second-order valence-electron chi connectivity index (χ2n) is 2.15. The van der Waals surface area contributed by atoms with Gasteiger partial charge in [0.25, 0.3) is 0 Å². The summed E-state index contributed by atoms with van der Waals surface area (Å²) in [6.45, 7) is -0.226. The molecule has 0 aliphatic carbocycles. The topological polar surface area (TPSA) is 48.9 Å².